The second kappa shape index (κ2) is 9.49. The summed E-state index contributed by atoms with van der Waals surface area (Å²) in [6.07, 6.45) is 2.92. The van der Waals surface area contributed by atoms with Crippen LogP contribution in [0.25, 0.3) is 10.4 Å². The van der Waals surface area contributed by atoms with Crippen LogP contribution in [0.2, 0.25) is 0 Å². The Bertz CT molecular complexity index is 1290. The summed E-state index contributed by atoms with van der Waals surface area (Å²) in [5, 5.41) is 12.7. The number of rotatable bonds is 5. The van der Waals surface area contributed by atoms with Crippen LogP contribution in [-0.4, -0.2) is 53.6 Å². The van der Waals surface area contributed by atoms with Crippen molar-refractivity contribution in [3.63, 3.8) is 0 Å². The molecule has 194 valence electrons. The van der Waals surface area contributed by atoms with Gasteiger partial charge in [-0.3, -0.25) is 14.5 Å². The van der Waals surface area contributed by atoms with Crippen LogP contribution in [0, 0.1) is 17.2 Å². The molecule has 1 saturated heterocycles. The summed E-state index contributed by atoms with van der Waals surface area (Å²) in [5.74, 6) is -0.102. The summed E-state index contributed by atoms with van der Waals surface area (Å²) in [6.45, 7) is 5.45. The number of carbonyl (C=O) groups excluding carboxylic acids is 3. The normalized spacial score (nSPS) is 23.1. The number of nitrogens with one attached hydrogen (secondary N) is 1. The lowest BCUT2D eigenvalue weighted by atomic mass is 9.97. The minimum Gasteiger partial charge on any atom is -0.444 e. The van der Waals surface area contributed by atoms with Crippen LogP contribution in [0.3, 0.4) is 0 Å². The summed E-state index contributed by atoms with van der Waals surface area (Å²) >= 11 is 1.57. The first-order valence-corrected chi connectivity index (χ1v) is 13.6. The number of anilines is 1. The Balaban J connectivity index is 1.26. The number of amides is 3. The van der Waals surface area contributed by atoms with Crippen LogP contribution in [0.4, 0.5) is 10.5 Å². The summed E-state index contributed by atoms with van der Waals surface area (Å²) < 4.78 is 5.59. The van der Waals surface area contributed by atoms with Gasteiger partial charge in [-0.05, 0) is 75.3 Å². The molecule has 3 amide bonds. The van der Waals surface area contributed by atoms with Gasteiger partial charge in [0.1, 0.15) is 17.7 Å². The standard InChI is InChI=1S/C28H32N4O4S/c1-28(2,3)36-27(35)32-20-8-7-18(11-20)25(32)26(34)30-19(15-29)14-21-9-10-23(37-21)17-6-5-16-13-24(33)31(4)22(16)12-17/h5-6,9-10,12,18-20,25H,7-8,11,13-14H2,1-4H3,(H,30,34)/t18-,19-,20+,25-/m0/s1. The molecule has 1 saturated carbocycles. The van der Waals surface area contributed by atoms with E-state index in [0.29, 0.717) is 12.8 Å². The first-order valence-electron chi connectivity index (χ1n) is 12.7. The van der Waals surface area contributed by atoms with Crippen LogP contribution in [-0.2, 0) is 27.2 Å². The SMILES string of the molecule is CN1C(=O)Cc2ccc(-c3ccc(C[C@@H](C#N)NC(=O)[C@@H]4[C@H]5CC[C@H](C5)N4C(=O)OC(C)(C)C)s3)cc21. The molecule has 1 aromatic heterocycles. The number of piperidine rings is 1. The molecule has 2 aromatic rings. The molecule has 0 unspecified atom stereocenters. The largest absolute Gasteiger partial charge is 0.444 e. The van der Waals surface area contributed by atoms with Gasteiger partial charge in [-0.15, -0.1) is 11.3 Å². The Morgan fingerprint density at radius 1 is 1.24 bits per heavy atom. The number of hydrogen-bond acceptors (Lipinski definition) is 6. The van der Waals surface area contributed by atoms with Crippen molar-refractivity contribution in [1.82, 2.24) is 10.2 Å². The highest BCUT2D eigenvalue weighted by Crippen LogP contribution is 2.43. The second-order valence-corrected chi connectivity index (χ2v) is 12.4. The maximum absolute atomic E-state index is 13.3. The fourth-order valence-corrected chi connectivity index (χ4v) is 6.78. The maximum Gasteiger partial charge on any atom is 0.411 e. The molecule has 1 aliphatic carbocycles. The van der Waals surface area contributed by atoms with Crippen LogP contribution < -0.4 is 10.2 Å². The van der Waals surface area contributed by atoms with Crippen molar-refractivity contribution in [3.05, 3.63) is 40.8 Å². The average Bonchev–Trinajstić information content (AvgIpc) is 3.62. The topological polar surface area (TPSA) is 103 Å². The first-order chi connectivity index (χ1) is 17.5. The predicted octanol–water partition coefficient (Wildman–Crippen LogP) is 4.27. The zero-order chi connectivity index (χ0) is 26.5. The summed E-state index contributed by atoms with van der Waals surface area (Å²) in [5.41, 5.74) is 2.33. The average molecular weight is 521 g/mol. The van der Waals surface area contributed by atoms with Crippen molar-refractivity contribution in [3.8, 4) is 16.5 Å². The lowest BCUT2D eigenvalue weighted by Crippen LogP contribution is -2.55. The Labute approximate surface area is 221 Å². The van der Waals surface area contributed by atoms with Crippen LogP contribution in [0.15, 0.2) is 30.3 Å². The molecule has 1 N–H and O–H groups in total. The molecule has 5 rings (SSSR count). The van der Waals surface area contributed by atoms with Gasteiger partial charge in [-0.2, -0.15) is 5.26 Å². The lowest BCUT2D eigenvalue weighted by molar-refractivity contribution is -0.128. The van der Waals surface area contributed by atoms with Crippen molar-refractivity contribution in [2.24, 2.45) is 5.92 Å². The van der Waals surface area contributed by atoms with Crippen LogP contribution in [0.1, 0.15) is 50.5 Å². The Kier molecular flexibility index (Phi) is 6.48. The van der Waals surface area contributed by atoms with Crippen molar-refractivity contribution >= 4 is 34.9 Å². The molecule has 2 aliphatic heterocycles. The Hall–Kier alpha value is -3.38. The van der Waals surface area contributed by atoms with E-state index in [9.17, 15) is 19.6 Å². The number of fused-ring (bicyclic) bond motifs is 3. The van der Waals surface area contributed by atoms with Gasteiger partial charge in [0, 0.05) is 35.0 Å². The van der Waals surface area contributed by atoms with Crippen LogP contribution in [0.5, 0.6) is 0 Å². The zero-order valence-corrected chi connectivity index (χ0v) is 22.4. The van der Waals surface area contributed by atoms with E-state index in [1.54, 1.807) is 28.2 Å². The molecular formula is C28H32N4O4S. The van der Waals surface area contributed by atoms with Crippen molar-refractivity contribution in [2.75, 3.05) is 11.9 Å². The highest BCUT2D eigenvalue weighted by atomic mass is 32.1. The third-order valence-electron chi connectivity index (χ3n) is 7.44. The number of benzene rings is 1. The smallest absolute Gasteiger partial charge is 0.411 e. The van der Waals surface area contributed by atoms with Gasteiger partial charge in [0.2, 0.25) is 11.8 Å². The Morgan fingerprint density at radius 2 is 2.03 bits per heavy atom. The molecule has 9 heteroatoms. The molecule has 0 spiro atoms. The number of nitriles is 1. The number of likely N-dealkylation sites (tertiary alicyclic amines) is 1. The molecule has 3 heterocycles. The maximum atomic E-state index is 13.3. The zero-order valence-electron chi connectivity index (χ0n) is 21.6. The van der Waals surface area contributed by atoms with E-state index in [-0.39, 0.29) is 23.8 Å². The summed E-state index contributed by atoms with van der Waals surface area (Å²) in [4.78, 5) is 43.5. The Morgan fingerprint density at radius 3 is 2.76 bits per heavy atom. The van der Waals surface area contributed by atoms with E-state index in [0.717, 1.165) is 45.8 Å². The number of nitrogens with zero attached hydrogens (tertiary/aromatic N) is 3. The highest BCUT2D eigenvalue weighted by molar-refractivity contribution is 7.15. The number of carbonyl (C=O) groups is 3. The third kappa shape index (κ3) is 4.95. The predicted molar refractivity (Wildman–Crippen MR) is 141 cm³/mol. The molecule has 2 bridgehead atoms. The summed E-state index contributed by atoms with van der Waals surface area (Å²) in [7, 11) is 1.79. The van der Waals surface area contributed by atoms with Gasteiger partial charge in [-0.25, -0.2) is 4.79 Å². The van der Waals surface area contributed by atoms with E-state index < -0.39 is 23.8 Å². The van der Waals surface area contributed by atoms with E-state index in [2.05, 4.69) is 11.4 Å². The molecule has 37 heavy (non-hydrogen) atoms. The minimum absolute atomic E-state index is 0.0117. The van der Waals surface area contributed by atoms with Gasteiger partial charge < -0.3 is 15.0 Å². The lowest BCUT2D eigenvalue weighted by Gasteiger charge is -2.35. The molecule has 4 atom stereocenters. The van der Waals surface area contributed by atoms with E-state index in [1.165, 1.54) is 0 Å². The fourth-order valence-electron chi connectivity index (χ4n) is 5.73. The van der Waals surface area contributed by atoms with Gasteiger partial charge in [0.25, 0.3) is 0 Å². The highest BCUT2D eigenvalue weighted by Gasteiger charge is 2.52. The van der Waals surface area contributed by atoms with Crippen LogP contribution >= 0.6 is 11.3 Å². The number of ether oxygens (including phenoxy) is 1. The molecule has 8 nitrogen and oxygen atoms in total. The monoisotopic (exact) mass is 520 g/mol. The number of thiophene rings is 1. The number of likely N-dealkylation sites (N-methyl/N-ethyl adjacent to an activating group) is 1. The molecule has 2 fully saturated rings. The fraction of sp³-hybridized carbons (Fsp3) is 0.500. The van der Waals surface area contributed by atoms with Crippen molar-refractivity contribution in [1.29, 1.82) is 5.26 Å². The molecule has 1 aromatic carbocycles. The summed E-state index contributed by atoms with van der Waals surface area (Å²) in [6, 6.07) is 11.0. The van der Waals surface area contributed by atoms with Gasteiger partial charge in [0.15, 0.2) is 0 Å². The molecule has 3 aliphatic rings. The quantitative estimate of drug-likeness (QED) is 0.634. The molecular weight excluding hydrogens is 488 g/mol. The van der Waals surface area contributed by atoms with Gasteiger partial charge >= 0.3 is 6.09 Å². The molecule has 0 radical (unpaired) electrons. The van der Waals surface area contributed by atoms with E-state index >= 15 is 0 Å². The van der Waals surface area contributed by atoms with Gasteiger partial charge in [0.05, 0.1) is 12.5 Å². The van der Waals surface area contributed by atoms with E-state index in [1.807, 2.05) is 51.1 Å². The van der Waals surface area contributed by atoms with Gasteiger partial charge in [-0.1, -0.05) is 12.1 Å². The van der Waals surface area contributed by atoms with Crippen molar-refractivity contribution < 1.29 is 19.1 Å². The first kappa shape index (κ1) is 25.3. The third-order valence-corrected chi connectivity index (χ3v) is 8.60. The minimum atomic E-state index is -0.706. The van der Waals surface area contributed by atoms with Crippen molar-refractivity contribution in [2.45, 2.75) is 76.6 Å². The van der Waals surface area contributed by atoms with E-state index in [4.69, 9.17) is 4.74 Å². The number of hydrogen-bond donors (Lipinski definition) is 1. The second-order valence-electron chi connectivity index (χ2n) is 11.2.